The molecule has 0 aliphatic heterocycles. The third kappa shape index (κ3) is 3.21. The van der Waals surface area contributed by atoms with Crippen molar-refractivity contribution in [1.29, 1.82) is 0 Å². The number of methoxy groups -OCH3 is 1. The number of benzene rings is 2. The predicted octanol–water partition coefficient (Wildman–Crippen LogP) is 3.99. The van der Waals surface area contributed by atoms with Crippen LogP contribution in [0.4, 0.5) is 18.9 Å². The van der Waals surface area contributed by atoms with Crippen LogP contribution in [0.1, 0.15) is 15.9 Å². The second-order valence-electron chi connectivity index (χ2n) is 4.61. The lowest BCUT2D eigenvalue weighted by atomic mass is 10.1. The van der Waals surface area contributed by atoms with Crippen LogP contribution in [-0.2, 0) is 6.18 Å². The summed E-state index contributed by atoms with van der Waals surface area (Å²) < 4.78 is 44.1. The van der Waals surface area contributed by atoms with Crippen LogP contribution in [0.5, 0.6) is 5.75 Å². The summed E-state index contributed by atoms with van der Waals surface area (Å²) in [6.45, 7) is 0. The van der Waals surface area contributed by atoms with E-state index in [1.807, 2.05) is 0 Å². The maximum atomic E-state index is 13.0. The second-order valence-corrected chi connectivity index (χ2v) is 4.61. The molecule has 22 heavy (non-hydrogen) atoms. The molecule has 2 rings (SSSR count). The molecule has 0 aliphatic carbocycles. The first-order valence-electron chi connectivity index (χ1n) is 6.43. The molecule has 3 nitrogen and oxygen atoms in total. The normalized spacial score (nSPS) is 11.1. The molecule has 2 aromatic carbocycles. The van der Waals surface area contributed by atoms with E-state index in [0.29, 0.717) is 11.4 Å². The molecule has 0 fully saturated rings. The zero-order valence-corrected chi connectivity index (χ0v) is 12.0. The molecule has 0 atom stereocenters. The van der Waals surface area contributed by atoms with Crippen LogP contribution in [0.3, 0.4) is 0 Å². The predicted molar refractivity (Wildman–Crippen MR) is 77.2 cm³/mol. The van der Waals surface area contributed by atoms with Crippen molar-refractivity contribution in [3.05, 3.63) is 59.7 Å². The molecule has 0 bridgehead atoms. The molecule has 6 heteroatoms. The number of ether oxygens (including phenoxy) is 1. The number of anilines is 1. The lowest BCUT2D eigenvalue weighted by Crippen LogP contribution is -2.28. The number of alkyl halides is 3. The number of amides is 1. The zero-order valence-electron chi connectivity index (χ0n) is 12.0. The molecule has 0 spiro atoms. The maximum Gasteiger partial charge on any atom is 0.417 e. The Kier molecular flexibility index (Phi) is 4.40. The van der Waals surface area contributed by atoms with Gasteiger partial charge in [-0.3, -0.25) is 4.79 Å². The number of hydrogen-bond donors (Lipinski definition) is 0. The van der Waals surface area contributed by atoms with Crippen LogP contribution >= 0.6 is 0 Å². The van der Waals surface area contributed by atoms with Crippen molar-refractivity contribution in [3.63, 3.8) is 0 Å². The lowest BCUT2D eigenvalue weighted by Gasteiger charge is -2.20. The van der Waals surface area contributed by atoms with Gasteiger partial charge in [0.25, 0.3) is 5.91 Å². The van der Waals surface area contributed by atoms with Gasteiger partial charge in [0, 0.05) is 18.8 Å². The Morgan fingerprint density at radius 3 is 2.41 bits per heavy atom. The van der Waals surface area contributed by atoms with E-state index >= 15 is 0 Å². The summed E-state index contributed by atoms with van der Waals surface area (Å²) in [7, 11) is 2.89. The number of rotatable bonds is 3. The van der Waals surface area contributed by atoms with Gasteiger partial charge in [0.1, 0.15) is 5.75 Å². The van der Waals surface area contributed by atoms with Gasteiger partial charge in [0.15, 0.2) is 0 Å². The number of halogens is 3. The SMILES string of the molecule is COc1cccc(N(C)C(=O)c2ccccc2C(F)(F)F)c1. The molecular formula is C16H14F3NO2. The smallest absolute Gasteiger partial charge is 0.417 e. The Balaban J connectivity index is 2.39. The van der Waals surface area contributed by atoms with Crippen molar-refractivity contribution in [2.24, 2.45) is 0 Å². The average molecular weight is 309 g/mol. The van der Waals surface area contributed by atoms with E-state index in [1.165, 1.54) is 32.4 Å². The van der Waals surface area contributed by atoms with E-state index in [-0.39, 0.29) is 5.56 Å². The molecule has 0 N–H and O–H groups in total. The summed E-state index contributed by atoms with van der Waals surface area (Å²) in [5, 5.41) is 0. The summed E-state index contributed by atoms with van der Waals surface area (Å²) in [5.74, 6) is -0.220. The van der Waals surface area contributed by atoms with Gasteiger partial charge in [0.2, 0.25) is 0 Å². The van der Waals surface area contributed by atoms with Gasteiger partial charge in [-0.05, 0) is 24.3 Å². The van der Waals surface area contributed by atoms with Gasteiger partial charge in [-0.15, -0.1) is 0 Å². The average Bonchev–Trinajstić information content (AvgIpc) is 2.52. The van der Waals surface area contributed by atoms with Gasteiger partial charge in [-0.2, -0.15) is 13.2 Å². The summed E-state index contributed by atoms with van der Waals surface area (Å²) in [6, 6.07) is 11.3. The van der Waals surface area contributed by atoms with E-state index in [4.69, 9.17) is 4.74 Å². The number of hydrogen-bond acceptors (Lipinski definition) is 2. The summed E-state index contributed by atoms with van der Waals surface area (Å²) in [4.78, 5) is 13.6. The van der Waals surface area contributed by atoms with Crippen LogP contribution in [0.15, 0.2) is 48.5 Å². The van der Waals surface area contributed by atoms with E-state index in [9.17, 15) is 18.0 Å². The van der Waals surface area contributed by atoms with Crippen molar-refractivity contribution >= 4 is 11.6 Å². The van der Waals surface area contributed by atoms with Crippen molar-refractivity contribution in [2.75, 3.05) is 19.1 Å². The fourth-order valence-corrected chi connectivity index (χ4v) is 2.03. The van der Waals surface area contributed by atoms with Crippen molar-refractivity contribution < 1.29 is 22.7 Å². The summed E-state index contributed by atoms with van der Waals surface area (Å²) in [5.41, 5.74) is -0.892. The van der Waals surface area contributed by atoms with Gasteiger partial charge in [0.05, 0.1) is 18.2 Å². The second kappa shape index (κ2) is 6.09. The van der Waals surface area contributed by atoms with Gasteiger partial charge >= 0.3 is 6.18 Å². The quantitative estimate of drug-likeness (QED) is 0.858. The molecule has 0 saturated heterocycles. The van der Waals surface area contributed by atoms with E-state index in [2.05, 4.69) is 0 Å². The van der Waals surface area contributed by atoms with Crippen molar-refractivity contribution in [3.8, 4) is 5.75 Å². The first-order chi connectivity index (χ1) is 10.3. The first kappa shape index (κ1) is 15.9. The molecule has 1 amide bonds. The Morgan fingerprint density at radius 2 is 1.77 bits per heavy atom. The minimum absolute atomic E-state index is 0.389. The van der Waals surface area contributed by atoms with Crippen molar-refractivity contribution in [2.45, 2.75) is 6.18 Å². The fraction of sp³-hybridized carbons (Fsp3) is 0.188. The molecular weight excluding hydrogens is 295 g/mol. The van der Waals surface area contributed by atoms with Crippen LogP contribution in [0.25, 0.3) is 0 Å². The van der Waals surface area contributed by atoms with Crippen LogP contribution in [0.2, 0.25) is 0 Å². The highest BCUT2D eigenvalue weighted by Gasteiger charge is 2.35. The molecule has 0 radical (unpaired) electrons. The summed E-state index contributed by atoms with van der Waals surface area (Å²) >= 11 is 0. The molecule has 0 aromatic heterocycles. The molecule has 0 unspecified atom stereocenters. The molecule has 0 heterocycles. The molecule has 0 aliphatic rings. The standard InChI is InChI=1S/C16H14F3NO2/c1-20(11-6-5-7-12(10-11)22-2)15(21)13-8-3-4-9-14(13)16(17,18)19/h3-10H,1-2H3. The van der Waals surface area contributed by atoms with Gasteiger partial charge in [-0.25, -0.2) is 0 Å². The fourth-order valence-electron chi connectivity index (χ4n) is 2.03. The minimum Gasteiger partial charge on any atom is -0.497 e. The number of carbonyl (C=O) groups excluding carboxylic acids is 1. The number of carbonyl (C=O) groups is 1. The molecule has 0 saturated carbocycles. The van der Waals surface area contributed by atoms with E-state index < -0.39 is 17.6 Å². The highest BCUT2D eigenvalue weighted by molar-refractivity contribution is 6.06. The Morgan fingerprint density at radius 1 is 1.09 bits per heavy atom. The van der Waals surface area contributed by atoms with E-state index in [1.54, 1.807) is 24.3 Å². The van der Waals surface area contributed by atoms with Crippen LogP contribution in [0, 0.1) is 0 Å². The van der Waals surface area contributed by atoms with Gasteiger partial charge < -0.3 is 9.64 Å². The first-order valence-corrected chi connectivity index (χ1v) is 6.43. The van der Waals surface area contributed by atoms with Crippen LogP contribution in [-0.4, -0.2) is 20.1 Å². The Hall–Kier alpha value is -2.50. The van der Waals surface area contributed by atoms with Crippen molar-refractivity contribution in [1.82, 2.24) is 0 Å². The highest BCUT2D eigenvalue weighted by atomic mass is 19.4. The maximum absolute atomic E-state index is 13.0. The Bertz CT molecular complexity index is 683. The Labute approximate surface area is 125 Å². The van der Waals surface area contributed by atoms with Gasteiger partial charge in [-0.1, -0.05) is 18.2 Å². The largest absolute Gasteiger partial charge is 0.497 e. The topological polar surface area (TPSA) is 29.5 Å². The summed E-state index contributed by atoms with van der Waals surface area (Å²) in [6.07, 6.45) is -4.58. The molecule has 2 aromatic rings. The van der Waals surface area contributed by atoms with E-state index in [0.717, 1.165) is 11.0 Å². The third-order valence-corrected chi connectivity index (χ3v) is 3.21. The van der Waals surface area contributed by atoms with Crippen LogP contribution < -0.4 is 9.64 Å². The lowest BCUT2D eigenvalue weighted by molar-refractivity contribution is -0.137. The number of nitrogens with zero attached hydrogens (tertiary/aromatic N) is 1. The zero-order chi connectivity index (χ0) is 16.3. The molecule has 116 valence electrons. The minimum atomic E-state index is -4.58. The third-order valence-electron chi connectivity index (χ3n) is 3.21. The monoisotopic (exact) mass is 309 g/mol. The highest BCUT2D eigenvalue weighted by Crippen LogP contribution is 2.33.